The lowest BCUT2D eigenvalue weighted by Crippen LogP contribution is -2.60. The fourth-order valence-corrected chi connectivity index (χ4v) is 3.55. The van der Waals surface area contributed by atoms with Crippen LogP contribution in [0.3, 0.4) is 0 Å². The van der Waals surface area contributed by atoms with E-state index in [9.17, 15) is 9.59 Å². The van der Waals surface area contributed by atoms with Crippen LogP contribution in [0.15, 0.2) is 30.3 Å². The van der Waals surface area contributed by atoms with E-state index in [0.717, 1.165) is 12.1 Å². The first-order valence-corrected chi connectivity index (χ1v) is 7.99. The van der Waals surface area contributed by atoms with E-state index in [2.05, 4.69) is 11.8 Å². The maximum Gasteiger partial charge on any atom is 0.312 e. The van der Waals surface area contributed by atoms with E-state index in [1.165, 1.54) is 19.3 Å². The Kier molecular flexibility index (Phi) is 4.16. The second-order valence-corrected chi connectivity index (χ2v) is 6.38. The van der Waals surface area contributed by atoms with Gasteiger partial charge in [0, 0.05) is 25.2 Å². The number of amides is 2. The van der Waals surface area contributed by atoms with Crippen molar-refractivity contribution in [3.05, 3.63) is 35.9 Å². The van der Waals surface area contributed by atoms with Gasteiger partial charge in [0.1, 0.15) is 0 Å². The molecule has 22 heavy (non-hydrogen) atoms. The van der Waals surface area contributed by atoms with Crippen LogP contribution in [0.25, 0.3) is 0 Å². The molecule has 1 saturated carbocycles. The van der Waals surface area contributed by atoms with Crippen LogP contribution in [0, 0.1) is 0 Å². The molecule has 0 radical (unpaired) electrons. The second kappa shape index (κ2) is 6.08. The summed E-state index contributed by atoms with van der Waals surface area (Å²) in [6.45, 7) is 3.45. The number of carbonyl (C=O) groups is 2. The molecular weight excluding hydrogens is 278 g/mol. The molecular formula is C17H23N3O2. The molecule has 2 atom stereocenters. The molecule has 2 N–H and O–H groups in total. The molecule has 5 heteroatoms. The van der Waals surface area contributed by atoms with Crippen LogP contribution in [0.2, 0.25) is 0 Å². The number of rotatable bonds is 2. The largest absolute Gasteiger partial charge is 0.361 e. The van der Waals surface area contributed by atoms with Crippen molar-refractivity contribution in [1.82, 2.24) is 9.80 Å². The molecule has 2 aliphatic rings. The van der Waals surface area contributed by atoms with Gasteiger partial charge in [-0.25, -0.2) is 0 Å². The van der Waals surface area contributed by atoms with E-state index in [4.69, 9.17) is 5.73 Å². The van der Waals surface area contributed by atoms with Gasteiger partial charge in [-0.2, -0.15) is 0 Å². The highest BCUT2D eigenvalue weighted by molar-refractivity contribution is 6.34. The predicted molar refractivity (Wildman–Crippen MR) is 83.9 cm³/mol. The van der Waals surface area contributed by atoms with Crippen LogP contribution >= 0.6 is 0 Å². The molecule has 2 amide bonds. The summed E-state index contributed by atoms with van der Waals surface area (Å²) in [7, 11) is 0. The molecule has 1 aromatic carbocycles. The standard InChI is InChI=1S/C17H23N3O2/c1-12-10-20(17(22)16(18)21)15(13-6-3-2-4-7-13)11-19(12)14-8-5-9-14/h2-4,6-7,12,14-15H,5,8-11H2,1H3,(H2,18,21)/t12-,15-/m1/s1. The lowest BCUT2D eigenvalue weighted by Gasteiger charge is -2.50. The second-order valence-electron chi connectivity index (χ2n) is 6.38. The third kappa shape index (κ3) is 2.73. The van der Waals surface area contributed by atoms with Crippen LogP contribution in [0.4, 0.5) is 0 Å². The minimum atomic E-state index is -0.870. The third-order valence-corrected chi connectivity index (χ3v) is 4.99. The Balaban J connectivity index is 1.88. The van der Waals surface area contributed by atoms with Crippen molar-refractivity contribution in [3.63, 3.8) is 0 Å². The topological polar surface area (TPSA) is 66.6 Å². The first-order valence-electron chi connectivity index (χ1n) is 7.99. The highest BCUT2D eigenvalue weighted by Crippen LogP contribution is 2.34. The molecule has 1 aliphatic carbocycles. The van der Waals surface area contributed by atoms with Gasteiger partial charge in [0.15, 0.2) is 0 Å². The maximum atomic E-state index is 12.2. The highest BCUT2D eigenvalue weighted by Gasteiger charge is 2.40. The number of nitrogens with two attached hydrogens (primary N) is 1. The Morgan fingerprint density at radius 3 is 2.36 bits per heavy atom. The van der Waals surface area contributed by atoms with Crippen molar-refractivity contribution in [1.29, 1.82) is 0 Å². The number of hydrogen-bond acceptors (Lipinski definition) is 3. The lowest BCUT2D eigenvalue weighted by atomic mass is 9.88. The molecule has 1 heterocycles. The molecule has 3 rings (SSSR count). The fraction of sp³-hybridized carbons (Fsp3) is 0.529. The van der Waals surface area contributed by atoms with Crippen LogP contribution < -0.4 is 5.73 Å². The van der Waals surface area contributed by atoms with Crippen molar-refractivity contribution >= 4 is 11.8 Å². The average molecular weight is 301 g/mol. The van der Waals surface area contributed by atoms with Gasteiger partial charge in [0.05, 0.1) is 6.04 Å². The summed E-state index contributed by atoms with van der Waals surface area (Å²) >= 11 is 0. The van der Waals surface area contributed by atoms with Crippen molar-refractivity contribution in [2.75, 3.05) is 13.1 Å². The average Bonchev–Trinajstić information content (AvgIpc) is 2.47. The van der Waals surface area contributed by atoms with Gasteiger partial charge < -0.3 is 10.6 Å². The Bertz CT molecular complexity index is 556. The van der Waals surface area contributed by atoms with E-state index in [1.54, 1.807) is 4.90 Å². The molecule has 0 aromatic heterocycles. The molecule has 5 nitrogen and oxygen atoms in total. The van der Waals surface area contributed by atoms with E-state index < -0.39 is 11.8 Å². The zero-order valence-corrected chi connectivity index (χ0v) is 12.9. The van der Waals surface area contributed by atoms with Gasteiger partial charge in [-0.15, -0.1) is 0 Å². The molecule has 118 valence electrons. The van der Waals surface area contributed by atoms with E-state index in [1.807, 2.05) is 30.3 Å². The number of piperazine rings is 1. The maximum absolute atomic E-state index is 12.2. The summed E-state index contributed by atoms with van der Waals surface area (Å²) in [5.41, 5.74) is 6.30. The first kappa shape index (κ1) is 15.0. The molecule has 1 saturated heterocycles. The zero-order chi connectivity index (χ0) is 15.7. The molecule has 0 unspecified atom stereocenters. The first-order chi connectivity index (χ1) is 10.6. The molecule has 1 aromatic rings. The number of nitrogens with zero attached hydrogens (tertiary/aromatic N) is 2. The van der Waals surface area contributed by atoms with E-state index in [-0.39, 0.29) is 12.1 Å². The zero-order valence-electron chi connectivity index (χ0n) is 12.9. The summed E-state index contributed by atoms with van der Waals surface area (Å²) in [5, 5.41) is 0. The summed E-state index contributed by atoms with van der Waals surface area (Å²) in [6, 6.07) is 10.7. The van der Waals surface area contributed by atoms with Crippen molar-refractivity contribution in [2.45, 2.75) is 44.3 Å². The Labute approximate surface area is 131 Å². The van der Waals surface area contributed by atoms with Crippen molar-refractivity contribution in [3.8, 4) is 0 Å². The van der Waals surface area contributed by atoms with Crippen LogP contribution in [0.1, 0.15) is 37.8 Å². The lowest BCUT2D eigenvalue weighted by molar-refractivity contribution is -0.149. The van der Waals surface area contributed by atoms with Crippen molar-refractivity contribution < 1.29 is 9.59 Å². The Hall–Kier alpha value is -1.88. The summed E-state index contributed by atoms with van der Waals surface area (Å²) < 4.78 is 0. The van der Waals surface area contributed by atoms with Gasteiger partial charge >= 0.3 is 11.8 Å². The smallest absolute Gasteiger partial charge is 0.312 e. The van der Waals surface area contributed by atoms with Gasteiger partial charge in [0.25, 0.3) is 0 Å². The number of benzene rings is 1. The molecule has 0 bridgehead atoms. The van der Waals surface area contributed by atoms with Crippen LogP contribution in [-0.2, 0) is 9.59 Å². The van der Waals surface area contributed by atoms with Gasteiger partial charge in [0.2, 0.25) is 0 Å². The Morgan fingerprint density at radius 1 is 1.14 bits per heavy atom. The summed E-state index contributed by atoms with van der Waals surface area (Å²) in [5.74, 6) is -1.45. The van der Waals surface area contributed by atoms with Gasteiger partial charge in [-0.05, 0) is 25.3 Å². The summed E-state index contributed by atoms with van der Waals surface area (Å²) in [4.78, 5) is 27.7. The minimum absolute atomic E-state index is 0.0991. The molecule has 0 spiro atoms. The van der Waals surface area contributed by atoms with Gasteiger partial charge in [-0.3, -0.25) is 14.5 Å². The van der Waals surface area contributed by atoms with Gasteiger partial charge in [-0.1, -0.05) is 36.8 Å². The van der Waals surface area contributed by atoms with Crippen molar-refractivity contribution in [2.24, 2.45) is 5.73 Å². The number of primary amides is 1. The van der Waals surface area contributed by atoms with E-state index in [0.29, 0.717) is 12.6 Å². The molecule has 2 fully saturated rings. The van der Waals surface area contributed by atoms with E-state index >= 15 is 0 Å². The normalized spacial score (nSPS) is 26.5. The SMILES string of the molecule is C[C@@H]1CN(C(=O)C(N)=O)[C@@H](c2ccccc2)CN1C1CCC1. The molecule has 1 aliphatic heterocycles. The van der Waals surface area contributed by atoms with Crippen LogP contribution in [0.5, 0.6) is 0 Å². The Morgan fingerprint density at radius 2 is 1.82 bits per heavy atom. The third-order valence-electron chi connectivity index (χ3n) is 4.99. The summed E-state index contributed by atoms with van der Waals surface area (Å²) in [6.07, 6.45) is 3.75. The predicted octanol–water partition coefficient (Wildman–Crippen LogP) is 1.30. The number of carbonyl (C=O) groups excluding carboxylic acids is 2. The quantitative estimate of drug-likeness (QED) is 0.837. The fourth-order valence-electron chi connectivity index (χ4n) is 3.55. The van der Waals surface area contributed by atoms with Crippen LogP contribution in [-0.4, -0.2) is 46.8 Å². The number of hydrogen-bond donors (Lipinski definition) is 1. The highest BCUT2D eigenvalue weighted by atomic mass is 16.2. The minimum Gasteiger partial charge on any atom is -0.361 e. The monoisotopic (exact) mass is 301 g/mol.